The maximum Gasteiger partial charge on any atom is 0.115 e. The summed E-state index contributed by atoms with van der Waals surface area (Å²) in [5.41, 5.74) is 3.54. The molecule has 0 aliphatic carbocycles. The third kappa shape index (κ3) is 1.82. The maximum absolute atomic E-state index is 4.28. The summed E-state index contributed by atoms with van der Waals surface area (Å²) in [5.74, 6) is 0. The van der Waals surface area contributed by atoms with Gasteiger partial charge in [0.1, 0.15) is 22.1 Å². The van der Waals surface area contributed by atoms with Gasteiger partial charge in [-0.15, -0.1) is 19.8 Å². The highest BCUT2D eigenvalue weighted by molar-refractivity contribution is 5.76. The van der Waals surface area contributed by atoms with Crippen LogP contribution in [0, 0.1) is 0 Å². The molecule has 2 aromatic carbocycles. The van der Waals surface area contributed by atoms with Crippen LogP contribution in [-0.2, 0) is 0 Å². The van der Waals surface area contributed by atoms with Crippen LogP contribution in [0.3, 0.4) is 0 Å². The average Bonchev–Trinajstić information content (AvgIpc) is 3.13. The van der Waals surface area contributed by atoms with E-state index in [1.807, 2.05) is 53.6 Å². The van der Waals surface area contributed by atoms with Gasteiger partial charge in [-0.25, -0.2) is 0 Å². The summed E-state index contributed by atoms with van der Waals surface area (Å²) in [6.45, 7) is 4.15. The van der Waals surface area contributed by atoms with Crippen molar-refractivity contribution in [2.45, 2.75) is 19.9 Å². The van der Waals surface area contributed by atoms with Gasteiger partial charge in [0.15, 0.2) is 0 Å². The molecule has 2 heterocycles. The minimum Gasteiger partial charge on any atom is -0.178 e. The highest BCUT2D eigenvalue weighted by Gasteiger charge is 2.20. The molecule has 0 spiro atoms. The molecule has 110 valence electrons. The summed E-state index contributed by atoms with van der Waals surface area (Å²) in [7, 11) is 0. The molecular formula is C15H15N7. The van der Waals surface area contributed by atoms with Crippen molar-refractivity contribution in [3.8, 4) is 0 Å². The molecule has 0 N–H and O–H groups in total. The van der Waals surface area contributed by atoms with Crippen LogP contribution in [0.4, 0.5) is 0 Å². The molecule has 0 atom stereocenters. The van der Waals surface area contributed by atoms with Gasteiger partial charge in [-0.1, -0.05) is 24.3 Å². The SMILES string of the molecule is CC(C)N(n1nnc2ccccc21)n1nnc2ccccc21. The monoisotopic (exact) mass is 293 g/mol. The molecule has 0 aliphatic rings. The van der Waals surface area contributed by atoms with Gasteiger partial charge in [-0.2, -0.15) is 5.12 Å². The Balaban J connectivity index is 1.95. The Morgan fingerprint density at radius 2 is 1.23 bits per heavy atom. The van der Waals surface area contributed by atoms with Crippen LogP contribution in [0.2, 0.25) is 0 Å². The molecule has 4 aromatic rings. The molecule has 0 aliphatic heterocycles. The first kappa shape index (κ1) is 12.8. The van der Waals surface area contributed by atoms with Gasteiger partial charge >= 0.3 is 0 Å². The molecule has 0 unspecified atom stereocenters. The predicted molar refractivity (Wildman–Crippen MR) is 83.8 cm³/mol. The average molecular weight is 293 g/mol. The van der Waals surface area contributed by atoms with E-state index in [-0.39, 0.29) is 6.04 Å². The fraction of sp³-hybridized carbons (Fsp3) is 0.200. The number of benzene rings is 2. The first-order valence-corrected chi connectivity index (χ1v) is 7.16. The normalized spacial score (nSPS) is 11.6. The lowest BCUT2D eigenvalue weighted by molar-refractivity contribution is 0.392. The van der Waals surface area contributed by atoms with Crippen molar-refractivity contribution in [1.29, 1.82) is 0 Å². The van der Waals surface area contributed by atoms with Crippen molar-refractivity contribution in [2.75, 3.05) is 5.12 Å². The number of aromatic nitrogens is 6. The van der Waals surface area contributed by atoms with Crippen LogP contribution < -0.4 is 5.12 Å². The number of para-hydroxylation sites is 2. The molecule has 4 rings (SSSR count). The fourth-order valence-electron chi connectivity index (χ4n) is 2.53. The highest BCUT2D eigenvalue weighted by atomic mass is 15.9. The van der Waals surface area contributed by atoms with Gasteiger partial charge in [0, 0.05) is 0 Å². The molecule has 0 bridgehead atoms. The molecular weight excluding hydrogens is 278 g/mol. The molecule has 0 saturated heterocycles. The van der Waals surface area contributed by atoms with Crippen LogP contribution in [0.5, 0.6) is 0 Å². The van der Waals surface area contributed by atoms with Gasteiger partial charge in [0.05, 0.1) is 6.04 Å². The Morgan fingerprint density at radius 3 is 1.68 bits per heavy atom. The van der Waals surface area contributed by atoms with Crippen LogP contribution in [-0.4, -0.2) is 36.2 Å². The molecule has 2 aromatic heterocycles. The summed E-state index contributed by atoms with van der Waals surface area (Å²) in [6, 6.07) is 15.8. The minimum atomic E-state index is 0.121. The molecule has 22 heavy (non-hydrogen) atoms. The van der Waals surface area contributed by atoms with E-state index in [1.165, 1.54) is 0 Å². The topological polar surface area (TPSA) is 64.7 Å². The molecule has 0 radical (unpaired) electrons. The first-order chi connectivity index (χ1) is 10.8. The van der Waals surface area contributed by atoms with E-state index >= 15 is 0 Å². The largest absolute Gasteiger partial charge is 0.178 e. The Bertz CT molecular complexity index is 863. The quantitative estimate of drug-likeness (QED) is 0.578. The van der Waals surface area contributed by atoms with Crippen molar-refractivity contribution >= 4 is 22.1 Å². The van der Waals surface area contributed by atoms with Crippen LogP contribution in [0.1, 0.15) is 13.8 Å². The molecule has 0 fully saturated rings. The maximum atomic E-state index is 4.28. The standard InChI is InChI=1S/C15H15N7/c1-11(2)22(20-14-9-5-3-7-12(14)16-18-20)21-15-10-6-4-8-13(15)17-19-21/h3-11H,1-2H3. The van der Waals surface area contributed by atoms with E-state index in [9.17, 15) is 0 Å². The van der Waals surface area contributed by atoms with Crippen molar-refractivity contribution < 1.29 is 0 Å². The zero-order valence-corrected chi connectivity index (χ0v) is 12.3. The van der Waals surface area contributed by atoms with E-state index < -0.39 is 0 Å². The lowest BCUT2D eigenvalue weighted by Gasteiger charge is -2.27. The van der Waals surface area contributed by atoms with E-state index in [1.54, 1.807) is 9.58 Å². The lowest BCUT2D eigenvalue weighted by Crippen LogP contribution is -2.46. The second kappa shape index (κ2) is 4.80. The number of rotatable bonds is 3. The third-order valence-corrected chi connectivity index (χ3v) is 3.52. The van der Waals surface area contributed by atoms with Crippen molar-refractivity contribution in [3.63, 3.8) is 0 Å². The number of nitrogens with zero attached hydrogens (tertiary/aromatic N) is 7. The smallest absolute Gasteiger partial charge is 0.115 e. The van der Waals surface area contributed by atoms with E-state index in [0.29, 0.717) is 0 Å². The van der Waals surface area contributed by atoms with E-state index in [4.69, 9.17) is 0 Å². The Morgan fingerprint density at radius 1 is 0.773 bits per heavy atom. The second-order valence-corrected chi connectivity index (χ2v) is 5.35. The van der Waals surface area contributed by atoms with Gasteiger partial charge < -0.3 is 0 Å². The van der Waals surface area contributed by atoms with E-state index in [2.05, 4.69) is 34.5 Å². The Kier molecular flexibility index (Phi) is 2.78. The summed E-state index contributed by atoms with van der Waals surface area (Å²) in [5, 5.41) is 18.9. The van der Waals surface area contributed by atoms with Gasteiger partial charge in [0.2, 0.25) is 0 Å². The minimum absolute atomic E-state index is 0.121. The number of hydrogen-bond acceptors (Lipinski definition) is 5. The lowest BCUT2D eigenvalue weighted by atomic mass is 10.3. The molecule has 0 saturated carbocycles. The van der Waals surface area contributed by atoms with Crippen molar-refractivity contribution in [2.24, 2.45) is 0 Å². The fourth-order valence-corrected chi connectivity index (χ4v) is 2.53. The molecule has 0 amide bonds. The first-order valence-electron chi connectivity index (χ1n) is 7.16. The van der Waals surface area contributed by atoms with Crippen LogP contribution in [0.25, 0.3) is 22.1 Å². The number of fused-ring (bicyclic) bond motifs is 2. The van der Waals surface area contributed by atoms with Crippen molar-refractivity contribution in [1.82, 2.24) is 30.2 Å². The second-order valence-electron chi connectivity index (χ2n) is 5.35. The van der Waals surface area contributed by atoms with Gasteiger partial charge in [-0.3, -0.25) is 0 Å². The van der Waals surface area contributed by atoms with Gasteiger partial charge in [0.25, 0.3) is 0 Å². The summed E-state index contributed by atoms with van der Waals surface area (Å²) < 4.78 is 0. The zero-order chi connectivity index (χ0) is 15.1. The van der Waals surface area contributed by atoms with Crippen LogP contribution >= 0.6 is 0 Å². The molecule has 7 heteroatoms. The Labute approximate surface area is 126 Å². The summed E-state index contributed by atoms with van der Waals surface area (Å²) >= 11 is 0. The van der Waals surface area contributed by atoms with Gasteiger partial charge in [-0.05, 0) is 48.5 Å². The highest BCUT2D eigenvalue weighted by Crippen LogP contribution is 2.16. The van der Waals surface area contributed by atoms with Crippen molar-refractivity contribution in [3.05, 3.63) is 48.5 Å². The summed E-state index contributed by atoms with van der Waals surface area (Å²) in [6.07, 6.45) is 0. The number of hydrogen-bond donors (Lipinski definition) is 0. The molecule has 7 nitrogen and oxygen atoms in total. The Hall–Kier alpha value is -2.96. The third-order valence-electron chi connectivity index (χ3n) is 3.52. The summed E-state index contributed by atoms with van der Waals surface area (Å²) in [4.78, 5) is 3.53. The van der Waals surface area contributed by atoms with Crippen LogP contribution in [0.15, 0.2) is 48.5 Å². The predicted octanol–water partition coefficient (Wildman–Crippen LogP) is 1.99. The zero-order valence-electron chi connectivity index (χ0n) is 12.3. The van der Waals surface area contributed by atoms with E-state index in [0.717, 1.165) is 22.1 Å².